The lowest BCUT2D eigenvalue weighted by molar-refractivity contribution is -0.123. The number of phenolic OH excluding ortho intramolecular Hbond substituents is 1. The number of nitrogens with zero attached hydrogens (tertiary/aromatic N) is 3. The molecule has 3 rings (SSSR count). The summed E-state index contributed by atoms with van der Waals surface area (Å²) in [4.78, 5) is 12.0. The maximum atomic E-state index is 12.0. The number of amides is 1. The third kappa shape index (κ3) is 7.04. The largest absolute Gasteiger partial charge is 0.507 e. The molecule has 0 aliphatic heterocycles. The minimum absolute atomic E-state index is 0.00545. The molecule has 0 aliphatic carbocycles. The SMILES string of the molecule is Cc1cc(C)cc(OCC(=O)N/N=C\c2cc(N=Nc3cccc(Br)c3)ccc2O)c1. The summed E-state index contributed by atoms with van der Waals surface area (Å²) in [7, 11) is 0. The average Bonchev–Trinajstić information content (AvgIpc) is 2.72. The minimum atomic E-state index is -0.416. The van der Waals surface area contributed by atoms with Crippen molar-refractivity contribution < 1.29 is 14.6 Å². The smallest absolute Gasteiger partial charge is 0.277 e. The first-order valence-corrected chi connectivity index (χ1v) is 10.2. The number of hydrazone groups is 1. The molecule has 31 heavy (non-hydrogen) atoms. The Labute approximate surface area is 188 Å². The second-order valence-electron chi connectivity index (χ2n) is 6.83. The molecule has 7 nitrogen and oxygen atoms in total. The number of benzene rings is 3. The van der Waals surface area contributed by atoms with Crippen molar-refractivity contribution in [1.82, 2.24) is 5.43 Å². The first kappa shape index (κ1) is 22.2. The molecule has 0 spiro atoms. The molecule has 0 saturated carbocycles. The van der Waals surface area contributed by atoms with E-state index in [2.05, 4.69) is 36.7 Å². The van der Waals surface area contributed by atoms with Gasteiger partial charge >= 0.3 is 0 Å². The molecular formula is C23H21BrN4O3. The summed E-state index contributed by atoms with van der Waals surface area (Å²) >= 11 is 3.38. The molecule has 1 amide bonds. The highest BCUT2D eigenvalue weighted by Crippen LogP contribution is 2.25. The Morgan fingerprint density at radius 2 is 1.74 bits per heavy atom. The van der Waals surface area contributed by atoms with Crippen LogP contribution in [0.3, 0.4) is 0 Å². The number of aromatic hydroxyl groups is 1. The summed E-state index contributed by atoms with van der Waals surface area (Å²) in [6.07, 6.45) is 1.34. The van der Waals surface area contributed by atoms with Crippen LogP contribution < -0.4 is 10.2 Å². The maximum absolute atomic E-state index is 12.0. The molecular weight excluding hydrogens is 460 g/mol. The van der Waals surface area contributed by atoms with Gasteiger partial charge in [-0.1, -0.05) is 28.1 Å². The summed E-state index contributed by atoms with van der Waals surface area (Å²) in [6.45, 7) is 3.75. The van der Waals surface area contributed by atoms with Gasteiger partial charge in [0.1, 0.15) is 11.5 Å². The summed E-state index contributed by atoms with van der Waals surface area (Å²) < 4.78 is 6.39. The van der Waals surface area contributed by atoms with Crippen LogP contribution >= 0.6 is 15.9 Å². The van der Waals surface area contributed by atoms with E-state index in [4.69, 9.17) is 4.74 Å². The Bertz CT molecular complexity index is 1130. The van der Waals surface area contributed by atoms with Gasteiger partial charge in [0.05, 0.1) is 17.6 Å². The van der Waals surface area contributed by atoms with Crippen molar-refractivity contribution >= 4 is 39.4 Å². The monoisotopic (exact) mass is 480 g/mol. The summed E-state index contributed by atoms with van der Waals surface area (Å²) in [6, 6.07) is 17.9. The first-order valence-electron chi connectivity index (χ1n) is 9.42. The van der Waals surface area contributed by atoms with Crippen LogP contribution in [0.5, 0.6) is 11.5 Å². The van der Waals surface area contributed by atoms with Gasteiger partial charge in [0.15, 0.2) is 6.61 Å². The molecule has 3 aromatic rings. The Kier molecular flexibility index (Phi) is 7.50. The number of hydrogen-bond acceptors (Lipinski definition) is 6. The minimum Gasteiger partial charge on any atom is -0.507 e. The van der Waals surface area contributed by atoms with Crippen LogP contribution in [0.1, 0.15) is 16.7 Å². The number of phenols is 1. The van der Waals surface area contributed by atoms with Crippen LogP contribution in [0.4, 0.5) is 11.4 Å². The van der Waals surface area contributed by atoms with Crippen molar-refractivity contribution in [1.29, 1.82) is 0 Å². The highest BCUT2D eigenvalue weighted by atomic mass is 79.9. The number of rotatable bonds is 7. The fourth-order valence-electron chi connectivity index (χ4n) is 2.73. The van der Waals surface area contributed by atoms with Crippen LogP contribution in [0.25, 0.3) is 0 Å². The molecule has 0 radical (unpaired) electrons. The molecule has 0 bridgehead atoms. The number of nitrogens with one attached hydrogen (secondary N) is 1. The molecule has 0 fully saturated rings. The lowest BCUT2D eigenvalue weighted by Gasteiger charge is -2.07. The van der Waals surface area contributed by atoms with Gasteiger partial charge in [-0.3, -0.25) is 4.79 Å². The van der Waals surface area contributed by atoms with E-state index >= 15 is 0 Å². The molecule has 8 heteroatoms. The maximum Gasteiger partial charge on any atom is 0.277 e. The number of carbonyl (C=O) groups excluding carboxylic acids is 1. The van der Waals surface area contributed by atoms with Gasteiger partial charge in [0, 0.05) is 10.0 Å². The number of ether oxygens (including phenoxy) is 1. The van der Waals surface area contributed by atoms with Gasteiger partial charge in [0.25, 0.3) is 5.91 Å². The molecule has 0 aliphatic rings. The predicted octanol–water partition coefficient (Wildman–Crippen LogP) is 5.72. The summed E-state index contributed by atoms with van der Waals surface area (Å²) in [5, 5.41) is 22.2. The van der Waals surface area contributed by atoms with E-state index in [-0.39, 0.29) is 12.4 Å². The molecule has 0 atom stereocenters. The Balaban J connectivity index is 1.58. The number of carbonyl (C=O) groups is 1. The van der Waals surface area contributed by atoms with Crippen LogP contribution in [0.15, 0.2) is 80.5 Å². The van der Waals surface area contributed by atoms with Crippen molar-refractivity contribution in [2.45, 2.75) is 13.8 Å². The topological polar surface area (TPSA) is 95.6 Å². The summed E-state index contributed by atoms with van der Waals surface area (Å²) in [5.74, 6) is 0.212. The van der Waals surface area contributed by atoms with Gasteiger partial charge in [-0.05, 0) is 73.5 Å². The van der Waals surface area contributed by atoms with Gasteiger partial charge < -0.3 is 9.84 Å². The summed E-state index contributed by atoms with van der Waals surface area (Å²) in [5.41, 5.74) is 6.10. The van der Waals surface area contributed by atoms with E-state index in [1.165, 1.54) is 12.3 Å². The van der Waals surface area contributed by atoms with E-state index in [0.29, 0.717) is 22.7 Å². The lowest BCUT2D eigenvalue weighted by Crippen LogP contribution is -2.24. The van der Waals surface area contributed by atoms with Gasteiger partial charge in [0.2, 0.25) is 0 Å². The van der Waals surface area contributed by atoms with E-state index in [0.717, 1.165) is 15.6 Å². The Hall–Kier alpha value is -3.52. The molecule has 3 aromatic carbocycles. The van der Waals surface area contributed by atoms with Crippen molar-refractivity contribution in [2.24, 2.45) is 15.3 Å². The average molecular weight is 481 g/mol. The quantitative estimate of drug-likeness (QED) is 0.257. The Morgan fingerprint density at radius 1 is 1.03 bits per heavy atom. The molecule has 2 N–H and O–H groups in total. The fourth-order valence-corrected chi connectivity index (χ4v) is 3.12. The standard InChI is InChI=1S/C23H21BrN4O3/c1-15-8-16(2)10-21(9-15)31-14-23(30)28-25-13-17-11-20(6-7-22(17)29)27-26-19-5-3-4-18(24)12-19/h3-13,29H,14H2,1-2H3,(H,28,30)/b25-13-,27-26?. The van der Waals surface area contributed by atoms with Crippen molar-refractivity contribution in [3.8, 4) is 11.5 Å². The zero-order chi connectivity index (χ0) is 22.2. The highest BCUT2D eigenvalue weighted by Gasteiger charge is 2.04. The zero-order valence-electron chi connectivity index (χ0n) is 17.0. The third-order valence-corrected chi connectivity index (χ3v) is 4.55. The van der Waals surface area contributed by atoms with Crippen LogP contribution in [0.2, 0.25) is 0 Å². The third-order valence-electron chi connectivity index (χ3n) is 4.06. The van der Waals surface area contributed by atoms with Crippen LogP contribution in [0, 0.1) is 13.8 Å². The first-order chi connectivity index (χ1) is 14.9. The molecule has 0 aromatic heterocycles. The number of azo groups is 1. The van der Waals surface area contributed by atoms with E-state index in [9.17, 15) is 9.90 Å². The van der Waals surface area contributed by atoms with Gasteiger partial charge in [-0.25, -0.2) is 5.43 Å². The fraction of sp³-hybridized carbons (Fsp3) is 0.130. The number of aryl methyl sites for hydroxylation is 2. The number of halogens is 1. The number of hydrogen-bond donors (Lipinski definition) is 2. The van der Waals surface area contributed by atoms with Crippen molar-refractivity contribution in [3.63, 3.8) is 0 Å². The molecule has 158 valence electrons. The van der Waals surface area contributed by atoms with Gasteiger partial charge in [-0.15, -0.1) is 0 Å². The molecule has 0 saturated heterocycles. The van der Waals surface area contributed by atoms with Gasteiger partial charge in [-0.2, -0.15) is 15.3 Å². The second kappa shape index (κ2) is 10.5. The predicted molar refractivity (Wildman–Crippen MR) is 124 cm³/mol. The highest BCUT2D eigenvalue weighted by molar-refractivity contribution is 9.10. The zero-order valence-corrected chi connectivity index (χ0v) is 18.6. The molecule has 0 unspecified atom stereocenters. The van der Waals surface area contributed by atoms with Crippen molar-refractivity contribution in [2.75, 3.05) is 6.61 Å². The normalized spacial score (nSPS) is 11.2. The van der Waals surface area contributed by atoms with E-state index in [1.807, 2.05) is 56.3 Å². The van der Waals surface area contributed by atoms with Crippen LogP contribution in [-0.4, -0.2) is 23.8 Å². The van der Waals surface area contributed by atoms with E-state index < -0.39 is 5.91 Å². The Morgan fingerprint density at radius 3 is 2.45 bits per heavy atom. The van der Waals surface area contributed by atoms with Crippen LogP contribution in [-0.2, 0) is 4.79 Å². The lowest BCUT2D eigenvalue weighted by atomic mass is 10.1. The van der Waals surface area contributed by atoms with Crippen molar-refractivity contribution in [3.05, 3.63) is 81.8 Å². The van der Waals surface area contributed by atoms with E-state index in [1.54, 1.807) is 12.1 Å². The second-order valence-corrected chi connectivity index (χ2v) is 7.74. The molecule has 0 heterocycles.